The topological polar surface area (TPSA) is 48.5 Å². The molecule has 224 valence electrons. The number of benzene rings is 6. The molecule has 0 unspecified atom stereocenters. The fraction of sp³-hybridized carbons (Fsp3) is 0. The summed E-state index contributed by atoms with van der Waals surface area (Å²) in [6.45, 7) is 0. The van der Waals surface area contributed by atoms with Gasteiger partial charge in [-0.05, 0) is 54.6 Å². The third-order valence-corrected chi connectivity index (χ3v) is 9.32. The first-order valence-corrected chi connectivity index (χ1v) is 16.1. The molecule has 4 aromatic heterocycles. The molecule has 0 fully saturated rings. The summed E-state index contributed by atoms with van der Waals surface area (Å²) in [6.07, 6.45) is 0. The second kappa shape index (κ2) is 10.5. The van der Waals surface area contributed by atoms with Crippen molar-refractivity contribution in [2.24, 2.45) is 0 Å². The van der Waals surface area contributed by atoms with Crippen molar-refractivity contribution in [1.29, 1.82) is 0 Å². The van der Waals surface area contributed by atoms with Crippen LogP contribution in [0.2, 0.25) is 0 Å². The van der Waals surface area contributed by atoms with Crippen LogP contribution in [0.3, 0.4) is 0 Å². The Balaban J connectivity index is 1.23. The zero-order valence-corrected chi connectivity index (χ0v) is 25.8. The number of hydrogen-bond donors (Lipinski definition) is 0. The maximum Gasteiger partial charge on any atom is 0.179 e. The molecule has 0 radical (unpaired) electrons. The van der Waals surface area contributed by atoms with Crippen molar-refractivity contribution in [3.8, 4) is 34.3 Å². The predicted molar refractivity (Wildman–Crippen MR) is 197 cm³/mol. The molecule has 0 N–H and O–H groups in total. The summed E-state index contributed by atoms with van der Waals surface area (Å²) in [6, 6.07) is 57.1. The number of hydrogen-bond acceptors (Lipinski definition) is 3. The number of nitrogens with zero attached hydrogens (tertiary/aromatic N) is 5. The molecule has 48 heavy (non-hydrogen) atoms. The third kappa shape index (κ3) is 4.01. The normalized spacial score (nSPS) is 11.8. The molecule has 10 aromatic rings. The molecule has 10 rings (SSSR count). The largest absolute Gasteiger partial charge is 0.309 e. The minimum Gasteiger partial charge on any atom is -0.309 e. The number of para-hydroxylation sites is 4. The van der Waals surface area contributed by atoms with Crippen LogP contribution in [0.25, 0.3) is 88.8 Å². The average Bonchev–Trinajstić information content (AvgIpc) is 3.66. The van der Waals surface area contributed by atoms with Gasteiger partial charge < -0.3 is 4.57 Å². The lowest BCUT2D eigenvalue weighted by atomic mass is 10.1. The minimum atomic E-state index is 0.600. The van der Waals surface area contributed by atoms with Gasteiger partial charge in [0, 0.05) is 38.2 Å². The van der Waals surface area contributed by atoms with Gasteiger partial charge in [-0.15, -0.1) is 0 Å². The number of fused-ring (bicyclic) bond motifs is 7. The third-order valence-electron chi connectivity index (χ3n) is 9.32. The SMILES string of the molecule is c1ccc(-c2nc(-c3cccc(-n4c5ccccc5c5cc6c(cc54)c4ccccc4n6-c4ccccc4)n3)nc3ccccc23)cc1. The molecule has 5 nitrogen and oxygen atoms in total. The van der Waals surface area contributed by atoms with E-state index in [0.29, 0.717) is 5.82 Å². The molecular weight excluding hydrogens is 587 g/mol. The van der Waals surface area contributed by atoms with Gasteiger partial charge in [-0.2, -0.15) is 0 Å². The molecular formula is C43H27N5. The Morgan fingerprint density at radius 1 is 0.375 bits per heavy atom. The Morgan fingerprint density at radius 3 is 1.69 bits per heavy atom. The first-order valence-electron chi connectivity index (χ1n) is 16.1. The summed E-state index contributed by atoms with van der Waals surface area (Å²) >= 11 is 0. The van der Waals surface area contributed by atoms with Gasteiger partial charge in [0.1, 0.15) is 11.5 Å². The van der Waals surface area contributed by atoms with E-state index in [1.807, 2.05) is 42.5 Å². The van der Waals surface area contributed by atoms with Crippen molar-refractivity contribution < 1.29 is 0 Å². The Morgan fingerprint density at radius 2 is 0.958 bits per heavy atom. The molecule has 6 aromatic carbocycles. The minimum absolute atomic E-state index is 0.600. The van der Waals surface area contributed by atoms with Crippen molar-refractivity contribution >= 4 is 54.5 Å². The maximum atomic E-state index is 5.26. The second-order valence-electron chi connectivity index (χ2n) is 12.1. The van der Waals surface area contributed by atoms with Gasteiger partial charge in [0.25, 0.3) is 0 Å². The first-order chi connectivity index (χ1) is 23.8. The van der Waals surface area contributed by atoms with Crippen LogP contribution in [-0.2, 0) is 0 Å². The summed E-state index contributed by atoms with van der Waals surface area (Å²) in [5, 5.41) is 5.80. The van der Waals surface area contributed by atoms with Crippen molar-refractivity contribution in [3.05, 3.63) is 164 Å². The van der Waals surface area contributed by atoms with Gasteiger partial charge in [0.15, 0.2) is 5.82 Å². The van der Waals surface area contributed by atoms with Crippen LogP contribution < -0.4 is 0 Å². The van der Waals surface area contributed by atoms with Crippen LogP contribution in [0.4, 0.5) is 0 Å². The highest BCUT2D eigenvalue weighted by Gasteiger charge is 2.19. The van der Waals surface area contributed by atoms with Gasteiger partial charge in [-0.1, -0.05) is 109 Å². The van der Waals surface area contributed by atoms with Gasteiger partial charge in [0.2, 0.25) is 0 Å². The maximum absolute atomic E-state index is 5.26. The van der Waals surface area contributed by atoms with E-state index in [1.54, 1.807) is 0 Å². The Hall–Kier alpha value is -6.59. The lowest BCUT2D eigenvalue weighted by molar-refractivity contribution is 1.07. The molecule has 0 aliphatic carbocycles. The van der Waals surface area contributed by atoms with Crippen molar-refractivity contribution in [2.45, 2.75) is 0 Å². The lowest BCUT2D eigenvalue weighted by Crippen LogP contribution is -2.01. The number of pyridine rings is 1. The summed E-state index contributed by atoms with van der Waals surface area (Å²) in [5.41, 5.74) is 9.28. The summed E-state index contributed by atoms with van der Waals surface area (Å²) in [4.78, 5) is 15.4. The average molecular weight is 614 g/mol. The molecule has 0 saturated heterocycles. The highest BCUT2D eigenvalue weighted by atomic mass is 15.1. The van der Waals surface area contributed by atoms with Crippen molar-refractivity contribution in [3.63, 3.8) is 0 Å². The molecule has 0 atom stereocenters. The molecule has 0 aliphatic rings. The molecule has 0 spiro atoms. The van der Waals surface area contributed by atoms with E-state index in [-0.39, 0.29) is 0 Å². The van der Waals surface area contributed by atoms with Gasteiger partial charge in [0.05, 0.1) is 33.3 Å². The molecule has 5 heteroatoms. The Labute approximate surface area is 276 Å². The monoisotopic (exact) mass is 613 g/mol. The standard InChI is InChI=1S/C43H27N5/c1-3-14-28(15-4-1)42-32-20-7-10-21-35(32)45-43(46-42)36-22-13-25-41(44-36)48-38-24-12-9-19-31(38)34-26-39-33(27-40(34)48)30-18-8-11-23-37(30)47(39)29-16-5-2-6-17-29/h1-27H. The second-order valence-corrected chi connectivity index (χ2v) is 12.1. The van der Waals surface area contributed by atoms with Crippen LogP contribution in [-0.4, -0.2) is 24.1 Å². The predicted octanol–water partition coefficient (Wildman–Crippen LogP) is 10.6. The van der Waals surface area contributed by atoms with Gasteiger partial charge in [-0.3, -0.25) is 4.57 Å². The van der Waals surface area contributed by atoms with E-state index in [0.717, 1.165) is 50.4 Å². The van der Waals surface area contributed by atoms with Crippen molar-refractivity contribution in [1.82, 2.24) is 24.1 Å². The van der Waals surface area contributed by atoms with Crippen LogP contribution in [0.1, 0.15) is 0 Å². The van der Waals surface area contributed by atoms with Crippen LogP contribution in [0.5, 0.6) is 0 Å². The lowest BCUT2D eigenvalue weighted by Gasteiger charge is -2.11. The first kappa shape index (κ1) is 26.6. The van der Waals surface area contributed by atoms with Gasteiger partial charge >= 0.3 is 0 Å². The van der Waals surface area contributed by atoms with E-state index >= 15 is 0 Å². The van der Waals surface area contributed by atoms with Gasteiger partial charge in [-0.25, -0.2) is 15.0 Å². The zero-order chi connectivity index (χ0) is 31.6. The molecule has 4 heterocycles. The van der Waals surface area contributed by atoms with Crippen LogP contribution in [0.15, 0.2) is 164 Å². The fourth-order valence-corrected chi connectivity index (χ4v) is 7.21. The van der Waals surface area contributed by atoms with E-state index in [1.165, 1.54) is 32.6 Å². The molecule has 0 bridgehead atoms. The Kier molecular flexibility index (Phi) is 5.81. The summed E-state index contributed by atoms with van der Waals surface area (Å²) < 4.78 is 4.65. The van der Waals surface area contributed by atoms with E-state index in [4.69, 9.17) is 15.0 Å². The number of rotatable bonds is 4. The Bertz CT molecular complexity index is 2830. The zero-order valence-electron chi connectivity index (χ0n) is 25.8. The smallest absolute Gasteiger partial charge is 0.179 e. The summed E-state index contributed by atoms with van der Waals surface area (Å²) in [7, 11) is 0. The van der Waals surface area contributed by atoms with E-state index < -0.39 is 0 Å². The van der Waals surface area contributed by atoms with Crippen LogP contribution >= 0.6 is 0 Å². The van der Waals surface area contributed by atoms with E-state index in [2.05, 4.69) is 130 Å². The van der Waals surface area contributed by atoms with Crippen molar-refractivity contribution in [2.75, 3.05) is 0 Å². The summed E-state index contributed by atoms with van der Waals surface area (Å²) in [5.74, 6) is 1.42. The molecule has 0 aliphatic heterocycles. The quantitative estimate of drug-likeness (QED) is 0.198. The number of aromatic nitrogens is 5. The van der Waals surface area contributed by atoms with E-state index in [9.17, 15) is 0 Å². The fourth-order valence-electron chi connectivity index (χ4n) is 7.21. The molecule has 0 amide bonds. The molecule has 0 saturated carbocycles. The highest BCUT2D eigenvalue weighted by molar-refractivity contribution is 6.19. The highest BCUT2D eigenvalue weighted by Crippen LogP contribution is 2.39. The van der Waals surface area contributed by atoms with Crippen LogP contribution in [0, 0.1) is 0 Å².